The van der Waals surface area contributed by atoms with Crippen LogP contribution in [0.3, 0.4) is 0 Å². The molecule has 0 saturated heterocycles. The van der Waals surface area contributed by atoms with Crippen LogP contribution in [0.2, 0.25) is 0 Å². The molecule has 0 atom stereocenters. The molecule has 0 heterocycles. The molecule has 0 spiro atoms. The summed E-state index contributed by atoms with van der Waals surface area (Å²) in [7, 11) is 3.15. The minimum atomic E-state index is -0.714. The maximum Gasteiger partial charge on any atom is 0.272 e. The summed E-state index contributed by atoms with van der Waals surface area (Å²) in [5.74, 6) is -0.698. The number of nitrogens with one attached hydrogen (secondary N) is 1. The summed E-state index contributed by atoms with van der Waals surface area (Å²) in [5, 5.41) is 13.0. The number of phenolic OH excluding ortho intramolecular Hbond substituents is 1. The van der Waals surface area contributed by atoms with E-state index in [-0.39, 0.29) is 41.0 Å². The molecular weight excluding hydrogens is 300 g/mol. The van der Waals surface area contributed by atoms with Crippen LogP contribution in [0.5, 0.6) is 11.5 Å². The highest BCUT2D eigenvalue weighted by atomic mass is 16.5. The number of anilines is 2. The van der Waals surface area contributed by atoms with Crippen molar-refractivity contribution < 1.29 is 14.6 Å². The van der Waals surface area contributed by atoms with Crippen molar-refractivity contribution in [2.75, 3.05) is 26.0 Å². The van der Waals surface area contributed by atoms with Crippen molar-refractivity contribution in [1.82, 2.24) is 4.90 Å². The Bertz CT molecular complexity index is 832. The molecular formula is C16H18N2O5. The summed E-state index contributed by atoms with van der Waals surface area (Å²) in [5.41, 5.74) is -0.536. The molecule has 0 aliphatic carbocycles. The number of rotatable bonds is 5. The van der Waals surface area contributed by atoms with E-state index in [4.69, 9.17) is 4.74 Å². The first-order valence-corrected chi connectivity index (χ1v) is 7.06. The summed E-state index contributed by atoms with van der Waals surface area (Å²) >= 11 is 0. The first kappa shape index (κ1) is 16.5. The Labute approximate surface area is 132 Å². The summed E-state index contributed by atoms with van der Waals surface area (Å²) in [6.07, 6.45) is 0. The van der Waals surface area contributed by atoms with Gasteiger partial charge in [0.25, 0.3) is 16.8 Å². The molecule has 0 bridgehead atoms. The van der Waals surface area contributed by atoms with E-state index in [2.05, 4.69) is 5.32 Å². The van der Waals surface area contributed by atoms with Crippen molar-refractivity contribution in [2.45, 2.75) is 13.8 Å². The van der Waals surface area contributed by atoms with Crippen LogP contribution in [0.4, 0.5) is 11.4 Å². The topological polar surface area (TPSA) is 95.9 Å². The van der Waals surface area contributed by atoms with Gasteiger partial charge in [0.1, 0.15) is 5.69 Å². The Kier molecular flexibility index (Phi) is 4.40. The summed E-state index contributed by atoms with van der Waals surface area (Å²) < 4.78 is 5.11. The fourth-order valence-electron chi connectivity index (χ4n) is 2.19. The number of carbonyl (C=O) groups excluding carboxylic acids is 1. The molecule has 0 aliphatic rings. The Hall–Kier alpha value is -2.83. The predicted octanol–water partition coefficient (Wildman–Crippen LogP) is 1.14. The van der Waals surface area contributed by atoms with Crippen molar-refractivity contribution in [3.8, 4) is 11.5 Å². The quantitative estimate of drug-likeness (QED) is 0.634. The molecule has 2 aromatic rings. The van der Waals surface area contributed by atoms with Gasteiger partial charge in [0.05, 0.1) is 17.9 Å². The average Bonchev–Trinajstić information content (AvgIpc) is 2.52. The minimum Gasteiger partial charge on any atom is -0.505 e. The van der Waals surface area contributed by atoms with Gasteiger partial charge in [-0.2, -0.15) is 0 Å². The fourth-order valence-corrected chi connectivity index (χ4v) is 2.19. The molecule has 7 heteroatoms. The third-order valence-electron chi connectivity index (χ3n) is 3.42. The monoisotopic (exact) mass is 318 g/mol. The molecule has 0 fully saturated rings. The fraction of sp³-hybridized carbons (Fsp3) is 0.312. The van der Waals surface area contributed by atoms with E-state index in [1.807, 2.05) is 0 Å². The highest BCUT2D eigenvalue weighted by molar-refractivity contribution is 6.00. The third kappa shape index (κ3) is 2.77. The zero-order valence-corrected chi connectivity index (χ0v) is 13.4. The number of hydrogen-bond donors (Lipinski definition) is 2. The van der Waals surface area contributed by atoms with Crippen molar-refractivity contribution >= 4 is 17.3 Å². The molecule has 1 amide bonds. The molecule has 7 nitrogen and oxygen atoms in total. The van der Waals surface area contributed by atoms with Crippen molar-refractivity contribution in [3.05, 3.63) is 43.7 Å². The number of hydrogen-bond acceptors (Lipinski definition) is 6. The molecule has 0 saturated carbocycles. The number of phenols is 1. The van der Waals surface area contributed by atoms with Crippen LogP contribution in [-0.2, 0) is 0 Å². The number of nitrogens with zero attached hydrogens (tertiary/aromatic N) is 1. The van der Waals surface area contributed by atoms with E-state index >= 15 is 0 Å². The van der Waals surface area contributed by atoms with Gasteiger partial charge in [-0.1, -0.05) is 6.07 Å². The van der Waals surface area contributed by atoms with Crippen LogP contribution in [0.15, 0.2) is 21.7 Å². The maximum atomic E-state index is 12.2. The number of ether oxygens (including phenoxy) is 1. The van der Waals surface area contributed by atoms with Gasteiger partial charge >= 0.3 is 0 Å². The molecule has 0 aromatic heterocycles. The van der Waals surface area contributed by atoms with Gasteiger partial charge in [0.2, 0.25) is 0 Å². The highest BCUT2D eigenvalue weighted by Gasteiger charge is 2.25. The number of carbonyl (C=O) groups is 1. The second-order valence-corrected chi connectivity index (χ2v) is 5.27. The molecule has 0 unspecified atom stereocenters. The molecule has 23 heavy (non-hydrogen) atoms. The largest absolute Gasteiger partial charge is 0.505 e. The normalized spacial score (nSPS) is 10.6. The lowest BCUT2D eigenvalue weighted by atomic mass is 10.0. The first-order valence-electron chi connectivity index (χ1n) is 7.06. The molecule has 2 N–H and O–H groups in total. The Morgan fingerprint density at radius 2 is 1.91 bits per heavy atom. The van der Waals surface area contributed by atoms with Crippen molar-refractivity contribution in [2.24, 2.45) is 0 Å². The van der Waals surface area contributed by atoms with Gasteiger partial charge in [-0.05, 0) is 25.5 Å². The van der Waals surface area contributed by atoms with E-state index < -0.39 is 10.9 Å². The van der Waals surface area contributed by atoms with Gasteiger partial charge in [-0.15, -0.1) is 0 Å². The Balaban J connectivity index is 2.45. The zero-order valence-electron chi connectivity index (χ0n) is 13.4. The van der Waals surface area contributed by atoms with Crippen LogP contribution in [0.1, 0.15) is 22.8 Å². The van der Waals surface area contributed by atoms with Crippen LogP contribution >= 0.6 is 0 Å². The molecule has 122 valence electrons. The van der Waals surface area contributed by atoms with E-state index in [1.165, 1.54) is 11.0 Å². The number of aryl methyl sites for hydroxylation is 1. The second kappa shape index (κ2) is 6.12. The van der Waals surface area contributed by atoms with E-state index in [0.717, 1.165) is 0 Å². The lowest BCUT2D eigenvalue weighted by molar-refractivity contribution is 0.0824. The van der Waals surface area contributed by atoms with Crippen LogP contribution in [-0.4, -0.2) is 36.6 Å². The summed E-state index contributed by atoms with van der Waals surface area (Å²) in [6.45, 7) is 3.63. The van der Waals surface area contributed by atoms with Crippen molar-refractivity contribution in [3.63, 3.8) is 0 Å². The first-order chi connectivity index (χ1) is 10.8. The highest BCUT2D eigenvalue weighted by Crippen LogP contribution is 2.34. The minimum absolute atomic E-state index is 0.0146. The standard InChI is InChI=1S/C16H18N2O5/c1-5-23-15-11(13(20)14(15)21)17-9-7-6-8(2)10(12(9)19)16(22)18(3)4/h6-7,17,19H,5H2,1-4H3. The van der Waals surface area contributed by atoms with Crippen LogP contribution in [0, 0.1) is 6.92 Å². The summed E-state index contributed by atoms with van der Waals surface area (Å²) in [6, 6.07) is 3.18. The summed E-state index contributed by atoms with van der Waals surface area (Å²) in [4.78, 5) is 36.6. The van der Waals surface area contributed by atoms with Crippen LogP contribution in [0.25, 0.3) is 0 Å². The second-order valence-electron chi connectivity index (χ2n) is 5.27. The van der Waals surface area contributed by atoms with E-state index in [0.29, 0.717) is 5.56 Å². The Morgan fingerprint density at radius 1 is 1.26 bits per heavy atom. The lowest BCUT2D eigenvalue weighted by Crippen LogP contribution is -2.35. The number of aromatic hydroxyl groups is 1. The van der Waals surface area contributed by atoms with Crippen molar-refractivity contribution in [1.29, 1.82) is 0 Å². The van der Waals surface area contributed by atoms with Gasteiger partial charge in [0.15, 0.2) is 11.5 Å². The zero-order chi connectivity index (χ0) is 17.3. The predicted molar refractivity (Wildman–Crippen MR) is 86.7 cm³/mol. The van der Waals surface area contributed by atoms with E-state index in [9.17, 15) is 19.5 Å². The van der Waals surface area contributed by atoms with Gasteiger partial charge in [-0.3, -0.25) is 14.4 Å². The molecule has 0 aliphatic heterocycles. The van der Waals surface area contributed by atoms with Gasteiger partial charge < -0.3 is 20.1 Å². The lowest BCUT2D eigenvalue weighted by Gasteiger charge is -2.18. The van der Waals surface area contributed by atoms with Gasteiger partial charge in [0, 0.05) is 14.1 Å². The molecule has 0 radical (unpaired) electrons. The third-order valence-corrected chi connectivity index (χ3v) is 3.42. The average molecular weight is 318 g/mol. The maximum absolute atomic E-state index is 12.2. The number of benzene rings is 1. The Morgan fingerprint density at radius 3 is 2.48 bits per heavy atom. The molecule has 2 aromatic carbocycles. The van der Waals surface area contributed by atoms with E-state index in [1.54, 1.807) is 34.0 Å². The number of amides is 1. The van der Waals surface area contributed by atoms with Crippen LogP contribution < -0.4 is 20.9 Å². The van der Waals surface area contributed by atoms with Gasteiger partial charge in [-0.25, -0.2) is 0 Å². The molecule has 2 rings (SSSR count). The smallest absolute Gasteiger partial charge is 0.272 e. The SMILES string of the molecule is CCOc1c(Nc2ccc(C)c(C(=O)N(C)C)c2O)c(=O)c1=O.